The van der Waals surface area contributed by atoms with Crippen molar-refractivity contribution in [2.75, 3.05) is 23.8 Å². The van der Waals surface area contributed by atoms with Gasteiger partial charge in [-0.2, -0.15) is 23.3 Å². The third kappa shape index (κ3) is 3.84. The maximum absolute atomic E-state index is 12.7. The number of hydrogen-bond acceptors (Lipinski definition) is 6. The van der Waals surface area contributed by atoms with Gasteiger partial charge in [0.2, 0.25) is 5.95 Å². The number of nitrogens with zero attached hydrogens (tertiary/aromatic N) is 7. The molecule has 1 N–H and O–H groups in total. The molecule has 0 atom stereocenters. The lowest BCUT2D eigenvalue weighted by Gasteiger charge is -2.21. The van der Waals surface area contributed by atoms with Crippen molar-refractivity contribution in [3.63, 3.8) is 0 Å². The summed E-state index contributed by atoms with van der Waals surface area (Å²) in [6.45, 7) is 2.81. The van der Waals surface area contributed by atoms with Crippen molar-refractivity contribution < 1.29 is 13.2 Å². The topological polar surface area (TPSA) is 76.7 Å². The van der Waals surface area contributed by atoms with Gasteiger partial charge in [-0.3, -0.25) is 9.67 Å². The zero-order chi connectivity index (χ0) is 23.5. The average molecular weight is 468 g/mol. The van der Waals surface area contributed by atoms with Crippen molar-refractivity contribution in [1.29, 1.82) is 0 Å². The maximum atomic E-state index is 12.7. The molecule has 176 valence electrons. The highest BCUT2D eigenvalue weighted by atomic mass is 19.4. The first-order chi connectivity index (χ1) is 16.3. The predicted molar refractivity (Wildman–Crippen MR) is 120 cm³/mol. The van der Waals surface area contributed by atoms with Gasteiger partial charge in [-0.15, -0.1) is 0 Å². The number of aromatic nitrogens is 6. The lowest BCUT2D eigenvalue weighted by Crippen LogP contribution is -2.27. The molecule has 2 aliphatic rings. The molecule has 1 saturated carbocycles. The average Bonchev–Trinajstić information content (AvgIpc) is 3.23. The molecular weight excluding hydrogens is 445 g/mol. The Morgan fingerprint density at radius 1 is 1.06 bits per heavy atom. The van der Waals surface area contributed by atoms with Crippen molar-refractivity contribution in [3.05, 3.63) is 59.8 Å². The zero-order valence-electron chi connectivity index (χ0n) is 18.5. The minimum absolute atomic E-state index is 0.331. The van der Waals surface area contributed by atoms with Crippen LogP contribution in [0, 0.1) is 5.41 Å². The fourth-order valence-corrected chi connectivity index (χ4v) is 4.68. The van der Waals surface area contributed by atoms with E-state index in [-0.39, 0.29) is 0 Å². The number of anilines is 2. The minimum Gasteiger partial charge on any atom is -0.357 e. The van der Waals surface area contributed by atoms with Crippen LogP contribution in [0.15, 0.2) is 43.0 Å². The second-order valence-corrected chi connectivity index (χ2v) is 9.35. The lowest BCUT2D eigenvalue weighted by atomic mass is 10.1. The molecule has 5 heterocycles. The Labute approximate surface area is 193 Å². The number of rotatable bonds is 5. The zero-order valence-corrected chi connectivity index (χ0v) is 18.5. The normalized spacial score (nSPS) is 16.8. The Bertz CT molecular complexity index is 1350. The van der Waals surface area contributed by atoms with Crippen molar-refractivity contribution in [2.24, 2.45) is 5.41 Å². The van der Waals surface area contributed by atoms with E-state index in [1.165, 1.54) is 25.1 Å². The summed E-state index contributed by atoms with van der Waals surface area (Å²) in [5, 5.41) is 7.60. The van der Waals surface area contributed by atoms with Crippen LogP contribution in [0.25, 0.3) is 11.0 Å². The molecule has 0 aromatic carbocycles. The van der Waals surface area contributed by atoms with Crippen LogP contribution in [-0.4, -0.2) is 42.9 Å². The van der Waals surface area contributed by atoms with E-state index < -0.39 is 11.9 Å². The summed E-state index contributed by atoms with van der Waals surface area (Å²) in [4.78, 5) is 15.3. The van der Waals surface area contributed by atoms with Crippen molar-refractivity contribution in [1.82, 2.24) is 29.3 Å². The molecule has 11 heteroatoms. The molecule has 8 nitrogen and oxygen atoms in total. The van der Waals surface area contributed by atoms with Crippen LogP contribution in [0.2, 0.25) is 0 Å². The summed E-state index contributed by atoms with van der Waals surface area (Å²) in [6.07, 6.45) is 4.95. The minimum atomic E-state index is -4.44. The smallest absolute Gasteiger partial charge is 0.357 e. The first kappa shape index (κ1) is 20.9. The van der Waals surface area contributed by atoms with Crippen LogP contribution in [0.4, 0.5) is 24.9 Å². The maximum Gasteiger partial charge on any atom is 0.433 e. The van der Waals surface area contributed by atoms with E-state index in [0.717, 1.165) is 41.6 Å². The Hall–Kier alpha value is -3.63. The number of alkyl halides is 3. The molecule has 0 radical (unpaired) electrons. The molecule has 0 saturated heterocycles. The quantitative estimate of drug-likeness (QED) is 0.478. The van der Waals surface area contributed by atoms with Gasteiger partial charge in [0.1, 0.15) is 11.2 Å². The van der Waals surface area contributed by atoms with Gasteiger partial charge in [0.05, 0.1) is 18.3 Å². The monoisotopic (exact) mass is 468 g/mol. The first-order valence-corrected chi connectivity index (χ1v) is 11.1. The van der Waals surface area contributed by atoms with Gasteiger partial charge < -0.3 is 14.8 Å². The Balaban J connectivity index is 1.15. The molecule has 4 aromatic heterocycles. The first-order valence-electron chi connectivity index (χ1n) is 11.1. The van der Waals surface area contributed by atoms with Crippen LogP contribution >= 0.6 is 0 Å². The highest BCUT2D eigenvalue weighted by Gasteiger charge is 2.46. The van der Waals surface area contributed by atoms with Crippen molar-refractivity contribution in [3.8, 4) is 0 Å². The molecular formula is C23H23F3N8. The molecule has 1 aliphatic carbocycles. The molecule has 0 bridgehead atoms. The largest absolute Gasteiger partial charge is 0.433 e. The van der Waals surface area contributed by atoms with Gasteiger partial charge in [0, 0.05) is 56.3 Å². The molecule has 1 spiro atoms. The molecule has 4 aromatic rings. The van der Waals surface area contributed by atoms with Crippen LogP contribution in [0.3, 0.4) is 0 Å². The predicted octanol–water partition coefficient (Wildman–Crippen LogP) is 3.93. The van der Waals surface area contributed by atoms with Crippen LogP contribution < -0.4 is 10.2 Å². The molecule has 0 unspecified atom stereocenters. The number of pyridine rings is 1. The summed E-state index contributed by atoms with van der Waals surface area (Å²) in [5.74, 6) is 1.49. The van der Waals surface area contributed by atoms with E-state index in [1.54, 1.807) is 10.9 Å². The molecule has 34 heavy (non-hydrogen) atoms. The summed E-state index contributed by atoms with van der Waals surface area (Å²) in [7, 11) is 2.09. The van der Waals surface area contributed by atoms with E-state index >= 15 is 0 Å². The second-order valence-electron chi connectivity index (χ2n) is 9.35. The second kappa shape index (κ2) is 7.44. The fraction of sp³-hybridized carbons (Fsp3) is 0.391. The van der Waals surface area contributed by atoms with Gasteiger partial charge in [0.15, 0.2) is 5.82 Å². The van der Waals surface area contributed by atoms with E-state index in [1.807, 2.05) is 12.3 Å². The van der Waals surface area contributed by atoms with Crippen LogP contribution in [0.1, 0.15) is 29.7 Å². The van der Waals surface area contributed by atoms with Crippen molar-refractivity contribution >= 4 is 22.8 Å². The van der Waals surface area contributed by atoms with Gasteiger partial charge in [-0.05, 0) is 30.5 Å². The third-order valence-corrected chi connectivity index (χ3v) is 6.59. The highest BCUT2D eigenvalue weighted by Crippen LogP contribution is 2.50. The number of hydrogen-bond donors (Lipinski definition) is 1. The van der Waals surface area contributed by atoms with E-state index in [2.05, 4.69) is 38.1 Å². The van der Waals surface area contributed by atoms with Gasteiger partial charge in [-0.1, -0.05) is 6.07 Å². The summed E-state index contributed by atoms with van der Waals surface area (Å²) >= 11 is 0. The summed E-state index contributed by atoms with van der Waals surface area (Å²) < 4.78 is 42.0. The van der Waals surface area contributed by atoms with E-state index in [0.29, 0.717) is 30.0 Å². The number of nitrogens with one attached hydrogen (secondary N) is 1. The van der Waals surface area contributed by atoms with Crippen LogP contribution in [0.5, 0.6) is 0 Å². The number of halogens is 3. The third-order valence-electron chi connectivity index (χ3n) is 6.59. The van der Waals surface area contributed by atoms with E-state index in [4.69, 9.17) is 9.97 Å². The van der Waals surface area contributed by atoms with Crippen LogP contribution in [-0.2, 0) is 25.8 Å². The lowest BCUT2D eigenvalue weighted by molar-refractivity contribution is -0.141. The van der Waals surface area contributed by atoms with Gasteiger partial charge in [0.25, 0.3) is 0 Å². The molecule has 6 rings (SSSR count). The SMILES string of the molecule is CN1CC2(CC2)Cn2ccc3nc(NCc4cnn(Cc5ccc(C(F)(F)F)nc5)c4)nc1c32. The molecule has 1 aliphatic heterocycles. The Kier molecular flexibility index (Phi) is 4.58. The summed E-state index contributed by atoms with van der Waals surface area (Å²) in [6, 6.07) is 4.44. The highest BCUT2D eigenvalue weighted by molar-refractivity contribution is 5.88. The van der Waals surface area contributed by atoms with E-state index in [9.17, 15) is 13.2 Å². The fourth-order valence-electron chi connectivity index (χ4n) is 4.68. The molecule has 1 fully saturated rings. The molecule has 0 amide bonds. The Morgan fingerprint density at radius 2 is 1.91 bits per heavy atom. The van der Waals surface area contributed by atoms with Crippen molar-refractivity contribution in [2.45, 2.75) is 38.7 Å². The van der Waals surface area contributed by atoms with Gasteiger partial charge in [-0.25, -0.2) is 4.98 Å². The summed E-state index contributed by atoms with van der Waals surface area (Å²) in [5.41, 5.74) is 3.00. The standard InChI is InChI=1S/C23H23F3N8/c1-32-13-22(5-6-22)14-33-7-4-17-19(33)20(32)31-21(30-17)28-9-16-10-29-34(12-16)11-15-2-3-18(27-8-15)23(24,25)26/h2-4,7-8,10,12H,5-6,9,11,13-14H2,1H3,(H,28,30,31). The Morgan fingerprint density at radius 3 is 2.65 bits per heavy atom. The van der Waals surface area contributed by atoms with Gasteiger partial charge >= 0.3 is 6.18 Å².